The Morgan fingerprint density at radius 1 is 1.62 bits per heavy atom. The van der Waals surface area contributed by atoms with Crippen LogP contribution in [0.1, 0.15) is 23.2 Å². The minimum Gasteiger partial charge on any atom is -0.391 e. The minimum atomic E-state index is -0.447. The van der Waals surface area contributed by atoms with Gasteiger partial charge in [0.25, 0.3) is 5.91 Å². The van der Waals surface area contributed by atoms with E-state index in [9.17, 15) is 9.90 Å². The summed E-state index contributed by atoms with van der Waals surface area (Å²) in [6, 6.07) is 1.54. The van der Waals surface area contributed by atoms with Crippen LogP contribution in [0.3, 0.4) is 0 Å². The van der Waals surface area contributed by atoms with Gasteiger partial charge in [0, 0.05) is 6.54 Å². The van der Waals surface area contributed by atoms with Crippen LogP contribution in [-0.4, -0.2) is 23.7 Å². The van der Waals surface area contributed by atoms with Crippen molar-refractivity contribution in [3.8, 4) is 0 Å². The number of hydrogen-bond donors (Lipinski definition) is 2. The van der Waals surface area contributed by atoms with Crippen molar-refractivity contribution in [1.82, 2.24) is 5.32 Å². The lowest BCUT2D eigenvalue weighted by Crippen LogP contribution is -2.33. The lowest BCUT2D eigenvalue weighted by Gasteiger charge is -2.09. The van der Waals surface area contributed by atoms with Crippen molar-refractivity contribution < 1.29 is 9.90 Å². The number of carbonyl (C=O) groups excluding carboxylic acids is 1. The van der Waals surface area contributed by atoms with Gasteiger partial charge in [0.2, 0.25) is 0 Å². The molecule has 3 nitrogen and oxygen atoms in total. The summed E-state index contributed by atoms with van der Waals surface area (Å²) >= 11 is 12.7. The molecule has 1 unspecified atom stereocenters. The first-order valence-corrected chi connectivity index (χ1v) is 6.56. The van der Waals surface area contributed by atoms with E-state index in [2.05, 4.69) is 5.32 Å². The highest BCUT2D eigenvalue weighted by Gasteiger charge is 2.29. The molecule has 2 rings (SSSR count). The van der Waals surface area contributed by atoms with Crippen molar-refractivity contribution in [2.75, 3.05) is 6.54 Å². The molecule has 0 bridgehead atoms. The van der Waals surface area contributed by atoms with Crippen molar-refractivity contribution in [2.45, 2.75) is 18.9 Å². The molecule has 1 amide bonds. The SMILES string of the molecule is O=C(NCC(O)C1CC1)c1cc(Cl)sc1Cl. The Kier molecular flexibility index (Phi) is 3.74. The summed E-state index contributed by atoms with van der Waals surface area (Å²) in [4.78, 5) is 11.7. The Balaban J connectivity index is 1.89. The normalized spacial score (nSPS) is 17.2. The third-order valence-electron chi connectivity index (χ3n) is 2.54. The summed E-state index contributed by atoms with van der Waals surface area (Å²) < 4.78 is 0.862. The van der Waals surface area contributed by atoms with Crippen LogP contribution in [0.4, 0.5) is 0 Å². The Morgan fingerprint density at radius 2 is 2.31 bits per heavy atom. The summed E-state index contributed by atoms with van der Waals surface area (Å²) in [5.74, 6) is 0.0645. The summed E-state index contributed by atoms with van der Waals surface area (Å²) in [6.07, 6.45) is 1.64. The molecule has 1 atom stereocenters. The van der Waals surface area contributed by atoms with Crippen molar-refractivity contribution in [1.29, 1.82) is 0 Å². The maximum atomic E-state index is 11.7. The second kappa shape index (κ2) is 4.92. The zero-order valence-corrected chi connectivity index (χ0v) is 10.7. The molecule has 0 radical (unpaired) electrons. The van der Waals surface area contributed by atoms with Gasteiger partial charge in [0.15, 0.2) is 0 Å². The maximum absolute atomic E-state index is 11.7. The van der Waals surface area contributed by atoms with Crippen LogP contribution in [-0.2, 0) is 0 Å². The Hall–Kier alpha value is -0.290. The predicted octanol–water partition coefficient (Wildman–Crippen LogP) is 2.56. The van der Waals surface area contributed by atoms with Gasteiger partial charge < -0.3 is 10.4 Å². The molecule has 2 N–H and O–H groups in total. The van der Waals surface area contributed by atoms with Crippen LogP contribution >= 0.6 is 34.5 Å². The van der Waals surface area contributed by atoms with Gasteiger partial charge in [-0.3, -0.25) is 4.79 Å². The second-order valence-corrected chi connectivity index (χ2v) is 6.14. The Bertz CT molecular complexity index is 404. The van der Waals surface area contributed by atoms with Crippen molar-refractivity contribution in [3.05, 3.63) is 20.3 Å². The average Bonchev–Trinajstić information content (AvgIpc) is 3.01. The van der Waals surface area contributed by atoms with Gasteiger partial charge in [-0.2, -0.15) is 0 Å². The van der Waals surface area contributed by atoms with Crippen LogP contribution in [0, 0.1) is 5.92 Å². The fourth-order valence-electron chi connectivity index (χ4n) is 1.44. The van der Waals surface area contributed by atoms with Gasteiger partial charge in [0.1, 0.15) is 4.34 Å². The molecular weight excluding hydrogens is 269 g/mol. The molecule has 88 valence electrons. The molecule has 1 aliphatic carbocycles. The first kappa shape index (κ1) is 12.2. The second-order valence-electron chi connectivity index (χ2n) is 3.85. The summed E-state index contributed by atoms with van der Waals surface area (Å²) in [7, 11) is 0. The van der Waals surface area contributed by atoms with Crippen LogP contribution < -0.4 is 5.32 Å². The molecule has 1 aromatic heterocycles. The van der Waals surface area contributed by atoms with E-state index >= 15 is 0 Å². The molecule has 0 saturated heterocycles. The van der Waals surface area contributed by atoms with Gasteiger partial charge >= 0.3 is 0 Å². The molecule has 0 spiro atoms. The Labute approximate surface area is 107 Å². The van der Waals surface area contributed by atoms with Crippen LogP contribution in [0.15, 0.2) is 6.07 Å². The molecule has 0 aliphatic heterocycles. The molecule has 6 heteroatoms. The number of nitrogens with one attached hydrogen (secondary N) is 1. The van der Waals surface area contributed by atoms with E-state index in [-0.39, 0.29) is 12.5 Å². The van der Waals surface area contributed by atoms with Crippen molar-refractivity contribution in [3.63, 3.8) is 0 Å². The van der Waals surface area contributed by atoms with E-state index in [4.69, 9.17) is 23.2 Å². The van der Waals surface area contributed by atoms with Gasteiger partial charge in [0.05, 0.1) is 16.0 Å². The largest absolute Gasteiger partial charge is 0.391 e. The van der Waals surface area contributed by atoms with E-state index in [0.717, 1.165) is 24.2 Å². The van der Waals surface area contributed by atoms with Crippen LogP contribution in [0.25, 0.3) is 0 Å². The van der Waals surface area contributed by atoms with E-state index < -0.39 is 6.10 Å². The first-order chi connectivity index (χ1) is 7.58. The molecular formula is C10H11Cl2NO2S. The Morgan fingerprint density at radius 3 is 2.81 bits per heavy atom. The van der Waals surface area contributed by atoms with Crippen LogP contribution in [0.2, 0.25) is 8.67 Å². The average molecular weight is 280 g/mol. The number of carbonyl (C=O) groups is 1. The molecule has 1 aliphatic rings. The van der Waals surface area contributed by atoms with Gasteiger partial charge in [-0.15, -0.1) is 11.3 Å². The van der Waals surface area contributed by atoms with Gasteiger partial charge in [-0.05, 0) is 24.8 Å². The monoisotopic (exact) mass is 279 g/mol. The molecule has 1 aromatic rings. The van der Waals surface area contributed by atoms with Crippen LogP contribution in [0.5, 0.6) is 0 Å². The quantitative estimate of drug-likeness (QED) is 0.890. The smallest absolute Gasteiger partial charge is 0.253 e. The highest BCUT2D eigenvalue weighted by Crippen LogP contribution is 2.33. The number of amides is 1. The number of rotatable bonds is 4. The lowest BCUT2D eigenvalue weighted by molar-refractivity contribution is 0.0901. The zero-order chi connectivity index (χ0) is 11.7. The standard InChI is InChI=1S/C10H11Cl2NO2S/c11-8-3-6(9(12)16-8)10(15)13-4-7(14)5-1-2-5/h3,5,7,14H,1-2,4H2,(H,13,15). The molecule has 16 heavy (non-hydrogen) atoms. The number of aliphatic hydroxyl groups excluding tert-OH is 1. The maximum Gasteiger partial charge on any atom is 0.253 e. The number of halogens is 2. The molecule has 1 saturated carbocycles. The molecule has 1 fully saturated rings. The fraction of sp³-hybridized carbons (Fsp3) is 0.500. The van der Waals surface area contributed by atoms with Gasteiger partial charge in [-0.1, -0.05) is 23.2 Å². The molecule has 1 heterocycles. The predicted molar refractivity (Wildman–Crippen MR) is 65.4 cm³/mol. The topological polar surface area (TPSA) is 49.3 Å². The first-order valence-electron chi connectivity index (χ1n) is 4.99. The van der Waals surface area contributed by atoms with E-state index in [1.807, 2.05) is 0 Å². The zero-order valence-electron chi connectivity index (χ0n) is 8.37. The lowest BCUT2D eigenvalue weighted by atomic mass is 10.2. The van der Waals surface area contributed by atoms with Gasteiger partial charge in [-0.25, -0.2) is 0 Å². The van der Waals surface area contributed by atoms with E-state index in [0.29, 0.717) is 20.2 Å². The van der Waals surface area contributed by atoms with E-state index in [1.165, 1.54) is 6.07 Å². The number of aliphatic hydroxyl groups is 1. The number of thiophene rings is 1. The third-order valence-corrected chi connectivity index (χ3v) is 4.03. The molecule has 0 aromatic carbocycles. The van der Waals surface area contributed by atoms with E-state index in [1.54, 1.807) is 0 Å². The van der Waals surface area contributed by atoms with Crippen molar-refractivity contribution in [2.24, 2.45) is 5.92 Å². The number of hydrogen-bond acceptors (Lipinski definition) is 3. The van der Waals surface area contributed by atoms with Crippen molar-refractivity contribution >= 4 is 40.4 Å². The highest BCUT2D eigenvalue weighted by atomic mass is 35.5. The third kappa shape index (κ3) is 2.88. The minimum absolute atomic E-state index is 0.271. The summed E-state index contributed by atoms with van der Waals surface area (Å²) in [5, 5.41) is 12.2. The summed E-state index contributed by atoms with van der Waals surface area (Å²) in [5.41, 5.74) is 0.375. The highest BCUT2D eigenvalue weighted by molar-refractivity contribution is 7.20. The summed E-state index contributed by atoms with van der Waals surface area (Å²) in [6.45, 7) is 0.271. The fourth-order valence-corrected chi connectivity index (χ4v) is 2.89.